The van der Waals surface area contributed by atoms with Crippen LogP contribution in [0.2, 0.25) is 0 Å². The molecule has 0 bridgehead atoms. The average Bonchev–Trinajstić information content (AvgIpc) is 3.37. The second kappa shape index (κ2) is 9.34. The number of piperidine rings is 1. The number of carbonyl (C=O) groups excluding carboxylic acids is 6. The lowest BCUT2D eigenvalue weighted by Crippen LogP contribution is -2.52. The molecule has 7 amide bonds. The minimum atomic E-state index is -0.689. The average molecular weight is 501 g/mol. The van der Waals surface area contributed by atoms with Gasteiger partial charge in [0.1, 0.15) is 6.04 Å². The van der Waals surface area contributed by atoms with Gasteiger partial charge in [-0.15, -0.1) is 0 Å². The van der Waals surface area contributed by atoms with Crippen molar-refractivity contribution in [1.82, 2.24) is 15.5 Å². The predicted molar refractivity (Wildman–Crippen MR) is 131 cm³/mol. The van der Waals surface area contributed by atoms with Gasteiger partial charge >= 0.3 is 6.03 Å². The molecule has 0 aromatic heterocycles. The third kappa shape index (κ3) is 4.58. The zero-order chi connectivity index (χ0) is 26.3. The first kappa shape index (κ1) is 23.9. The van der Waals surface area contributed by atoms with E-state index in [-0.39, 0.29) is 37.7 Å². The summed E-state index contributed by atoms with van der Waals surface area (Å²) in [5.74, 6) is -1.96. The molecule has 37 heavy (non-hydrogen) atoms. The molecule has 2 aromatic rings. The molecule has 0 aliphatic carbocycles. The Morgan fingerprint density at radius 2 is 1.78 bits per heavy atom. The second-order valence-electron chi connectivity index (χ2n) is 9.05. The van der Waals surface area contributed by atoms with E-state index in [9.17, 15) is 28.8 Å². The zero-order valence-electron chi connectivity index (χ0n) is 19.9. The first-order valence-electron chi connectivity index (χ1n) is 11.7. The molecule has 1 fully saturated rings. The number of aryl methyl sites for hydroxylation is 1. The Kier molecular flexibility index (Phi) is 6.04. The molecule has 0 radical (unpaired) electrons. The molecule has 11 nitrogen and oxygen atoms in total. The summed E-state index contributed by atoms with van der Waals surface area (Å²) in [5.41, 5.74) is 3.49. The molecule has 3 aliphatic heterocycles. The highest BCUT2D eigenvalue weighted by molar-refractivity contribution is 6.28. The van der Waals surface area contributed by atoms with Gasteiger partial charge in [-0.3, -0.25) is 29.3 Å². The molecule has 5 rings (SSSR count). The van der Waals surface area contributed by atoms with Crippen LogP contribution in [0.1, 0.15) is 39.9 Å². The van der Waals surface area contributed by atoms with Gasteiger partial charge in [-0.25, -0.2) is 9.69 Å². The Morgan fingerprint density at radius 3 is 2.51 bits per heavy atom. The number of rotatable bonds is 5. The zero-order valence-corrected chi connectivity index (χ0v) is 19.9. The van der Waals surface area contributed by atoms with E-state index in [4.69, 9.17) is 0 Å². The highest BCUT2D eigenvalue weighted by atomic mass is 16.2. The van der Waals surface area contributed by atoms with Crippen LogP contribution < -0.4 is 20.9 Å². The van der Waals surface area contributed by atoms with Crippen LogP contribution in [0, 0.1) is 6.92 Å². The molecule has 2 aromatic carbocycles. The van der Waals surface area contributed by atoms with E-state index in [0.29, 0.717) is 22.5 Å². The molecule has 3 heterocycles. The summed E-state index contributed by atoms with van der Waals surface area (Å²) in [4.78, 5) is 75.6. The van der Waals surface area contributed by atoms with E-state index >= 15 is 0 Å². The molecule has 1 atom stereocenters. The van der Waals surface area contributed by atoms with Gasteiger partial charge in [-0.05, 0) is 48.2 Å². The van der Waals surface area contributed by atoms with Crippen LogP contribution in [0.5, 0.6) is 0 Å². The molecule has 188 valence electrons. The Bertz CT molecular complexity index is 1400. The van der Waals surface area contributed by atoms with E-state index in [1.165, 1.54) is 17.1 Å². The van der Waals surface area contributed by atoms with E-state index < -0.39 is 29.8 Å². The van der Waals surface area contributed by atoms with Gasteiger partial charge < -0.3 is 15.5 Å². The maximum atomic E-state index is 12.8. The molecular weight excluding hydrogens is 478 g/mol. The van der Waals surface area contributed by atoms with Gasteiger partial charge in [0.2, 0.25) is 11.8 Å². The Labute approximate surface area is 211 Å². The van der Waals surface area contributed by atoms with Crippen molar-refractivity contribution in [1.29, 1.82) is 0 Å². The van der Waals surface area contributed by atoms with Crippen molar-refractivity contribution in [2.24, 2.45) is 0 Å². The van der Waals surface area contributed by atoms with Crippen LogP contribution >= 0.6 is 0 Å². The fourth-order valence-electron chi connectivity index (χ4n) is 4.66. The van der Waals surface area contributed by atoms with Crippen molar-refractivity contribution >= 4 is 46.9 Å². The number of amides is 7. The molecular formula is C26H23N5O6. The van der Waals surface area contributed by atoms with Crippen molar-refractivity contribution in [3.05, 3.63) is 70.8 Å². The van der Waals surface area contributed by atoms with Crippen LogP contribution in [-0.4, -0.2) is 46.5 Å². The van der Waals surface area contributed by atoms with E-state index in [0.717, 1.165) is 16.0 Å². The molecule has 11 heteroatoms. The van der Waals surface area contributed by atoms with E-state index in [1.807, 2.05) is 0 Å². The second-order valence-corrected chi connectivity index (χ2v) is 9.05. The number of anilines is 2. The number of carbonyl (C=O) groups is 6. The number of nitrogens with zero attached hydrogens (tertiary/aromatic N) is 2. The summed E-state index contributed by atoms with van der Waals surface area (Å²) in [5, 5.41) is 7.72. The fraction of sp³-hybridized carbons (Fsp3) is 0.231. The van der Waals surface area contributed by atoms with Gasteiger partial charge in [-0.2, -0.15) is 0 Å². The number of fused-ring (bicyclic) bond motifs is 1. The Balaban J connectivity index is 1.21. The fourth-order valence-corrected chi connectivity index (χ4v) is 4.66. The smallest absolute Gasteiger partial charge is 0.319 e. The van der Waals surface area contributed by atoms with Crippen molar-refractivity contribution < 1.29 is 28.8 Å². The minimum Gasteiger partial charge on any atom is -0.334 e. The monoisotopic (exact) mass is 501 g/mol. The van der Waals surface area contributed by atoms with Crippen molar-refractivity contribution in [3.63, 3.8) is 0 Å². The standard InChI is InChI=1S/C26H23N5O6/c1-14-2-4-17(11-20(14)31-22(33)8-9-23(31)34)28-26(37)27-12-15-3-5-18-16(10-15)13-30(25(18)36)19-6-7-21(32)29-24(19)35/h2-5,8-11,19H,6-7,12-13H2,1H3,(H2,27,28,37)(H,29,32,35). The summed E-state index contributed by atoms with van der Waals surface area (Å²) in [7, 11) is 0. The Hall–Kier alpha value is -4.80. The van der Waals surface area contributed by atoms with Gasteiger partial charge in [-0.1, -0.05) is 18.2 Å². The molecule has 1 saturated heterocycles. The van der Waals surface area contributed by atoms with E-state index in [2.05, 4.69) is 16.0 Å². The van der Waals surface area contributed by atoms with E-state index in [1.54, 1.807) is 43.3 Å². The topological polar surface area (TPSA) is 145 Å². The SMILES string of the molecule is Cc1ccc(NC(=O)NCc2ccc3c(c2)CN(C2CCC(=O)NC2=O)C3=O)cc1N1C(=O)C=CC1=O. The summed E-state index contributed by atoms with van der Waals surface area (Å²) in [6.07, 6.45) is 2.87. The third-order valence-corrected chi connectivity index (χ3v) is 6.56. The number of hydrogen-bond acceptors (Lipinski definition) is 6. The number of nitrogens with one attached hydrogen (secondary N) is 3. The predicted octanol–water partition coefficient (Wildman–Crippen LogP) is 1.51. The van der Waals surface area contributed by atoms with Crippen LogP contribution in [-0.2, 0) is 32.3 Å². The quantitative estimate of drug-likeness (QED) is 0.530. The van der Waals surface area contributed by atoms with Gasteiger partial charge in [0.15, 0.2) is 0 Å². The molecule has 3 aliphatic rings. The molecule has 1 unspecified atom stereocenters. The van der Waals surface area contributed by atoms with Crippen molar-refractivity contribution in [2.75, 3.05) is 10.2 Å². The summed E-state index contributed by atoms with van der Waals surface area (Å²) < 4.78 is 0. The molecule has 3 N–H and O–H groups in total. The first-order chi connectivity index (χ1) is 17.7. The van der Waals surface area contributed by atoms with Crippen LogP contribution in [0.4, 0.5) is 16.2 Å². The van der Waals surface area contributed by atoms with Gasteiger partial charge in [0.05, 0.1) is 5.69 Å². The largest absolute Gasteiger partial charge is 0.334 e. The van der Waals surface area contributed by atoms with Crippen LogP contribution in [0.25, 0.3) is 0 Å². The summed E-state index contributed by atoms with van der Waals surface area (Å²) in [6, 6.07) is 8.95. The lowest BCUT2D eigenvalue weighted by Gasteiger charge is -2.29. The highest BCUT2D eigenvalue weighted by Crippen LogP contribution is 2.29. The lowest BCUT2D eigenvalue weighted by atomic mass is 10.0. The number of benzene rings is 2. The van der Waals surface area contributed by atoms with Gasteiger partial charge in [0, 0.05) is 42.9 Å². The lowest BCUT2D eigenvalue weighted by molar-refractivity contribution is -0.137. The normalized spacial score (nSPS) is 18.8. The molecule has 0 saturated carbocycles. The molecule has 0 spiro atoms. The highest BCUT2D eigenvalue weighted by Gasteiger charge is 2.39. The summed E-state index contributed by atoms with van der Waals surface area (Å²) >= 11 is 0. The van der Waals surface area contributed by atoms with Crippen molar-refractivity contribution in [2.45, 2.75) is 38.9 Å². The van der Waals surface area contributed by atoms with Gasteiger partial charge in [0.25, 0.3) is 17.7 Å². The third-order valence-electron chi connectivity index (χ3n) is 6.56. The van der Waals surface area contributed by atoms with Crippen molar-refractivity contribution in [3.8, 4) is 0 Å². The maximum Gasteiger partial charge on any atom is 0.319 e. The number of imide groups is 2. The maximum absolute atomic E-state index is 12.8. The first-order valence-corrected chi connectivity index (χ1v) is 11.7. The van der Waals surface area contributed by atoms with Crippen LogP contribution in [0.15, 0.2) is 48.6 Å². The Morgan fingerprint density at radius 1 is 1.03 bits per heavy atom. The summed E-state index contributed by atoms with van der Waals surface area (Å²) in [6.45, 7) is 2.19. The minimum absolute atomic E-state index is 0.178. The number of hydrogen-bond donors (Lipinski definition) is 3. The number of urea groups is 1. The van der Waals surface area contributed by atoms with Crippen LogP contribution in [0.3, 0.4) is 0 Å².